The molecule has 1 aromatic carbocycles. The summed E-state index contributed by atoms with van der Waals surface area (Å²) >= 11 is 6.02. The Morgan fingerprint density at radius 2 is 2.25 bits per heavy atom. The molecule has 0 saturated carbocycles. The van der Waals surface area contributed by atoms with Gasteiger partial charge in [-0.3, -0.25) is 4.79 Å². The third-order valence-corrected chi connectivity index (χ3v) is 3.01. The Morgan fingerprint density at radius 1 is 1.50 bits per heavy atom. The summed E-state index contributed by atoms with van der Waals surface area (Å²) in [5, 5.41) is 4.02. The van der Waals surface area contributed by atoms with Crippen molar-refractivity contribution in [3.63, 3.8) is 0 Å². The van der Waals surface area contributed by atoms with Gasteiger partial charge in [-0.1, -0.05) is 11.6 Å². The van der Waals surface area contributed by atoms with E-state index in [-0.39, 0.29) is 5.91 Å². The van der Waals surface area contributed by atoms with E-state index < -0.39 is 0 Å². The van der Waals surface area contributed by atoms with Crippen molar-refractivity contribution in [1.29, 1.82) is 0 Å². The highest BCUT2D eigenvalue weighted by Gasteiger charge is 2.20. The maximum atomic E-state index is 11.6. The van der Waals surface area contributed by atoms with Crippen LogP contribution in [-0.2, 0) is 4.79 Å². The summed E-state index contributed by atoms with van der Waals surface area (Å²) in [6.07, 6.45) is 0.950. The van der Waals surface area contributed by atoms with Gasteiger partial charge in [0.15, 0.2) is 0 Å². The predicted molar refractivity (Wildman–Crippen MR) is 67.3 cm³/mol. The van der Waals surface area contributed by atoms with Gasteiger partial charge in [0.2, 0.25) is 5.91 Å². The van der Waals surface area contributed by atoms with Crippen LogP contribution in [0, 0.1) is 6.92 Å². The number of fused-ring (bicyclic) bond motifs is 1. The fraction of sp³-hybridized carbons (Fsp3) is 0.417. The molecule has 0 aliphatic carbocycles. The van der Waals surface area contributed by atoms with Crippen molar-refractivity contribution in [2.75, 3.05) is 23.3 Å². The van der Waals surface area contributed by atoms with Crippen LogP contribution < -0.4 is 10.2 Å². The molecule has 1 heterocycles. The van der Waals surface area contributed by atoms with Crippen molar-refractivity contribution < 1.29 is 4.79 Å². The minimum Gasteiger partial charge on any atom is -0.383 e. The number of carbonyl (C=O) groups excluding carboxylic acids is 1. The lowest BCUT2D eigenvalue weighted by molar-refractivity contribution is -0.116. The lowest BCUT2D eigenvalue weighted by Gasteiger charge is -2.23. The maximum Gasteiger partial charge on any atom is 0.223 e. The molecule has 1 aromatic rings. The van der Waals surface area contributed by atoms with E-state index >= 15 is 0 Å². The maximum absolute atomic E-state index is 11.6. The molecule has 0 atom stereocenters. The zero-order chi connectivity index (χ0) is 11.7. The average Bonchev–Trinajstić information content (AvgIpc) is 2.39. The Hall–Kier alpha value is -1.22. The number of anilines is 2. The third-order valence-electron chi connectivity index (χ3n) is 2.79. The summed E-state index contributed by atoms with van der Waals surface area (Å²) in [6, 6.07) is 3.77. The van der Waals surface area contributed by atoms with E-state index in [2.05, 4.69) is 5.32 Å². The zero-order valence-electron chi connectivity index (χ0n) is 9.51. The summed E-state index contributed by atoms with van der Waals surface area (Å²) in [6.45, 7) is 5.21. The van der Waals surface area contributed by atoms with Gasteiger partial charge >= 0.3 is 0 Å². The Morgan fingerprint density at radius 3 is 2.94 bits per heavy atom. The van der Waals surface area contributed by atoms with Gasteiger partial charge in [-0.2, -0.15) is 0 Å². The number of aryl methyl sites for hydroxylation is 1. The van der Waals surface area contributed by atoms with Gasteiger partial charge in [-0.05, 0) is 31.0 Å². The quantitative estimate of drug-likeness (QED) is 0.754. The first-order chi connectivity index (χ1) is 7.59. The topological polar surface area (TPSA) is 32.3 Å². The minimum atomic E-state index is 0.0790. The van der Waals surface area contributed by atoms with Gasteiger partial charge in [-0.25, -0.2) is 0 Å². The van der Waals surface area contributed by atoms with Crippen molar-refractivity contribution in [3.8, 4) is 0 Å². The lowest BCUT2D eigenvalue weighted by Crippen LogP contribution is -2.29. The molecule has 1 N–H and O–H groups in total. The number of hydrogen-bond donors (Lipinski definition) is 1. The van der Waals surface area contributed by atoms with Crippen molar-refractivity contribution >= 4 is 28.9 Å². The smallest absolute Gasteiger partial charge is 0.223 e. The molecule has 86 valence electrons. The van der Waals surface area contributed by atoms with E-state index in [9.17, 15) is 4.79 Å². The summed E-state index contributed by atoms with van der Waals surface area (Å²) < 4.78 is 0. The van der Waals surface area contributed by atoms with Crippen molar-refractivity contribution in [2.45, 2.75) is 20.3 Å². The van der Waals surface area contributed by atoms with Gasteiger partial charge < -0.3 is 10.2 Å². The lowest BCUT2D eigenvalue weighted by atomic mass is 10.1. The number of amides is 1. The van der Waals surface area contributed by atoms with E-state index in [4.69, 9.17) is 11.6 Å². The van der Waals surface area contributed by atoms with Gasteiger partial charge in [0.1, 0.15) is 0 Å². The van der Waals surface area contributed by atoms with E-state index in [1.165, 1.54) is 0 Å². The first-order valence-electron chi connectivity index (χ1n) is 5.41. The summed E-state index contributed by atoms with van der Waals surface area (Å²) in [5.41, 5.74) is 2.96. The Bertz CT molecular complexity index is 431. The first kappa shape index (κ1) is 11.3. The molecule has 4 heteroatoms. The highest BCUT2D eigenvalue weighted by atomic mass is 35.5. The highest BCUT2D eigenvalue weighted by molar-refractivity contribution is 6.31. The molecule has 0 fully saturated rings. The molecule has 0 radical (unpaired) electrons. The SMILES string of the molecule is CC(=O)N1CCCNc2cc(Cl)cc(C)c21. The number of hydrogen-bond acceptors (Lipinski definition) is 2. The van der Waals surface area contributed by atoms with Crippen LogP contribution in [0.3, 0.4) is 0 Å². The van der Waals surface area contributed by atoms with Crippen LogP contribution in [0.5, 0.6) is 0 Å². The molecule has 1 amide bonds. The fourth-order valence-electron chi connectivity index (χ4n) is 2.12. The largest absolute Gasteiger partial charge is 0.383 e. The Labute approximate surface area is 100 Å². The number of carbonyl (C=O) groups is 1. The van der Waals surface area contributed by atoms with E-state index in [1.807, 2.05) is 24.0 Å². The van der Waals surface area contributed by atoms with Crippen LogP contribution in [0.2, 0.25) is 5.02 Å². The molecular weight excluding hydrogens is 224 g/mol. The summed E-state index contributed by atoms with van der Waals surface area (Å²) in [4.78, 5) is 13.4. The van der Waals surface area contributed by atoms with Crippen LogP contribution >= 0.6 is 11.6 Å². The molecule has 3 nitrogen and oxygen atoms in total. The monoisotopic (exact) mass is 238 g/mol. The molecular formula is C12H15ClN2O. The van der Waals surface area contributed by atoms with Crippen LogP contribution in [0.25, 0.3) is 0 Å². The molecule has 2 rings (SSSR count). The highest BCUT2D eigenvalue weighted by Crippen LogP contribution is 2.34. The standard InChI is InChI=1S/C12H15ClN2O/c1-8-6-10(13)7-11-12(8)15(9(2)16)5-3-4-14-11/h6-7,14H,3-5H2,1-2H3. The molecule has 0 bridgehead atoms. The average molecular weight is 239 g/mol. The molecule has 16 heavy (non-hydrogen) atoms. The normalized spacial score (nSPS) is 15.1. The van der Waals surface area contributed by atoms with Gasteiger partial charge in [0, 0.05) is 25.0 Å². The zero-order valence-corrected chi connectivity index (χ0v) is 10.3. The molecule has 0 saturated heterocycles. The number of nitrogens with one attached hydrogen (secondary N) is 1. The molecule has 1 aliphatic rings. The second kappa shape index (κ2) is 4.34. The summed E-state index contributed by atoms with van der Waals surface area (Å²) in [5.74, 6) is 0.0790. The van der Waals surface area contributed by atoms with Gasteiger partial charge in [0.25, 0.3) is 0 Å². The minimum absolute atomic E-state index is 0.0790. The fourth-order valence-corrected chi connectivity index (χ4v) is 2.39. The molecule has 0 spiro atoms. The van der Waals surface area contributed by atoms with Crippen molar-refractivity contribution in [3.05, 3.63) is 22.7 Å². The van der Waals surface area contributed by atoms with Crippen LogP contribution in [-0.4, -0.2) is 19.0 Å². The number of benzene rings is 1. The second-order valence-corrected chi connectivity index (χ2v) is 4.51. The van der Waals surface area contributed by atoms with Gasteiger partial charge in [0.05, 0.1) is 11.4 Å². The predicted octanol–water partition coefficient (Wildman–Crippen LogP) is 2.82. The van der Waals surface area contributed by atoms with E-state index in [0.29, 0.717) is 5.02 Å². The second-order valence-electron chi connectivity index (χ2n) is 4.07. The molecule has 1 aliphatic heterocycles. The third kappa shape index (κ3) is 2.00. The number of halogens is 1. The Kier molecular flexibility index (Phi) is 3.06. The molecule has 0 unspecified atom stereocenters. The van der Waals surface area contributed by atoms with Crippen LogP contribution in [0.1, 0.15) is 18.9 Å². The van der Waals surface area contributed by atoms with E-state index in [1.54, 1.807) is 6.92 Å². The summed E-state index contributed by atoms with van der Waals surface area (Å²) in [7, 11) is 0. The van der Waals surface area contributed by atoms with Crippen molar-refractivity contribution in [2.24, 2.45) is 0 Å². The van der Waals surface area contributed by atoms with Gasteiger partial charge in [-0.15, -0.1) is 0 Å². The van der Waals surface area contributed by atoms with Crippen LogP contribution in [0.15, 0.2) is 12.1 Å². The first-order valence-corrected chi connectivity index (χ1v) is 5.79. The Balaban J connectivity index is 2.56. The van der Waals surface area contributed by atoms with Crippen molar-refractivity contribution in [1.82, 2.24) is 0 Å². The van der Waals surface area contributed by atoms with Crippen LogP contribution in [0.4, 0.5) is 11.4 Å². The van der Waals surface area contributed by atoms with E-state index in [0.717, 1.165) is 36.4 Å². The molecule has 0 aromatic heterocycles. The number of nitrogens with zero attached hydrogens (tertiary/aromatic N) is 1. The number of rotatable bonds is 0.